The molecule has 200 valence electrons. The van der Waals surface area contributed by atoms with Gasteiger partial charge in [0.1, 0.15) is 0 Å². The molecule has 0 bridgehead atoms. The molecule has 0 radical (unpaired) electrons. The minimum atomic E-state index is -0.826. The van der Waals surface area contributed by atoms with Gasteiger partial charge >= 0.3 is 37.9 Å². The maximum atomic E-state index is 4.93. The van der Waals surface area contributed by atoms with Gasteiger partial charge < -0.3 is 14.9 Å². The van der Waals surface area contributed by atoms with E-state index in [9.17, 15) is 0 Å². The molecule has 4 fully saturated rings. The van der Waals surface area contributed by atoms with E-state index in [0.29, 0.717) is 16.2 Å². The zero-order chi connectivity index (χ0) is 23.9. The van der Waals surface area contributed by atoms with Crippen molar-refractivity contribution >= 4 is 17.0 Å². The Kier molecular flexibility index (Phi) is 12.8. The second-order valence-corrected chi connectivity index (χ2v) is 18.5. The van der Waals surface area contributed by atoms with Crippen LogP contribution in [0.2, 0.25) is 0 Å². The molecule has 0 aromatic rings. The van der Waals surface area contributed by atoms with E-state index < -0.39 is 20.8 Å². The van der Waals surface area contributed by atoms with E-state index in [4.69, 9.17) is 17.0 Å². The van der Waals surface area contributed by atoms with E-state index in [0.717, 1.165) is 47.3 Å². The fraction of sp³-hybridized carbons (Fsp3) is 0.935. The van der Waals surface area contributed by atoms with Crippen molar-refractivity contribution in [1.82, 2.24) is 0 Å². The van der Waals surface area contributed by atoms with Gasteiger partial charge in [0.05, 0.1) is 0 Å². The second-order valence-electron chi connectivity index (χ2n) is 14.8. The van der Waals surface area contributed by atoms with Gasteiger partial charge in [-0.05, 0) is 115 Å². The number of halogens is 2. The van der Waals surface area contributed by atoms with Crippen molar-refractivity contribution < 1.29 is 20.8 Å². The van der Waals surface area contributed by atoms with E-state index in [1.165, 1.54) is 38.5 Å². The van der Waals surface area contributed by atoms with Crippen LogP contribution in [0.3, 0.4) is 0 Å². The molecule has 6 unspecified atom stereocenters. The molecule has 0 nitrogen and oxygen atoms in total. The molecular weight excluding hydrogens is 534 g/mol. The Bertz CT molecular complexity index is 558. The normalized spacial score (nSPS) is 36.1. The average Bonchev–Trinajstić information content (AvgIpc) is 3.33. The van der Waals surface area contributed by atoms with E-state index >= 15 is 0 Å². The van der Waals surface area contributed by atoms with Crippen LogP contribution in [0.25, 0.3) is 0 Å². The van der Waals surface area contributed by atoms with Crippen LogP contribution in [0, 0.1) is 78.4 Å². The standard InChI is InChI=1S/C29H52.2CH3.2ClH.Zr/c1-27(2,3)20-13-15-22-24(17-20)25-18-21(28(4,5)6)14-16-23(25)26(22)29(7,8)19-11-9-10-12-19;;;;;/h19-26H,9-18H2,1-8H3;2*1H3;2*1H;/q;2*-1;;;+4/p-2. The molecule has 0 N–H and O–H groups in total. The summed E-state index contributed by atoms with van der Waals surface area (Å²) in [5.74, 6) is 8.08. The van der Waals surface area contributed by atoms with E-state index in [1.807, 2.05) is 0 Å². The Morgan fingerprint density at radius 1 is 0.529 bits per heavy atom. The molecule has 4 rings (SSSR count). The molecule has 0 amide bonds. The predicted octanol–water partition coefficient (Wildman–Crippen LogP) is 11.3. The fourth-order valence-corrected chi connectivity index (χ4v) is 9.27. The zero-order valence-corrected chi connectivity index (χ0v) is 28.4. The van der Waals surface area contributed by atoms with Crippen molar-refractivity contribution in [2.45, 2.75) is 120 Å². The molecular formula is C31H58Cl2Zr. The summed E-state index contributed by atoms with van der Waals surface area (Å²) in [5.41, 5.74) is 1.57. The number of hydrogen-bond donors (Lipinski definition) is 0. The summed E-state index contributed by atoms with van der Waals surface area (Å²) in [7, 11) is 9.87. The first-order valence-corrected chi connectivity index (χ1v) is 20.1. The van der Waals surface area contributed by atoms with Crippen LogP contribution in [0.5, 0.6) is 0 Å². The molecule has 0 saturated heterocycles. The number of hydrogen-bond acceptors (Lipinski definition) is 0. The average molecular weight is 593 g/mol. The van der Waals surface area contributed by atoms with Gasteiger partial charge in [-0.25, -0.2) is 0 Å². The quantitative estimate of drug-likeness (QED) is 0.280. The van der Waals surface area contributed by atoms with Crippen molar-refractivity contribution in [2.75, 3.05) is 0 Å². The Morgan fingerprint density at radius 2 is 0.882 bits per heavy atom. The van der Waals surface area contributed by atoms with Gasteiger partial charge in [-0.1, -0.05) is 68.2 Å². The van der Waals surface area contributed by atoms with E-state index in [2.05, 4.69) is 55.4 Å². The van der Waals surface area contributed by atoms with Crippen molar-refractivity contribution in [1.29, 1.82) is 0 Å². The van der Waals surface area contributed by atoms with Gasteiger partial charge in [0.25, 0.3) is 0 Å². The van der Waals surface area contributed by atoms with Crippen LogP contribution in [-0.2, 0) is 20.8 Å². The Labute approximate surface area is 234 Å². The van der Waals surface area contributed by atoms with Crippen LogP contribution in [-0.4, -0.2) is 0 Å². The van der Waals surface area contributed by atoms with Crippen molar-refractivity contribution in [2.24, 2.45) is 63.6 Å². The van der Waals surface area contributed by atoms with Crippen LogP contribution in [0.4, 0.5) is 0 Å². The van der Waals surface area contributed by atoms with Crippen LogP contribution >= 0.6 is 17.0 Å². The molecule has 4 aliphatic rings. The third-order valence-electron chi connectivity index (χ3n) is 11.1. The first-order valence-electron chi connectivity index (χ1n) is 13.8. The van der Waals surface area contributed by atoms with Gasteiger partial charge in [0.2, 0.25) is 0 Å². The summed E-state index contributed by atoms with van der Waals surface area (Å²) in [5, 5.41) is 0. The van der Waals surface area contributed by atoms with Crippen LogP contribution in [0.15, 0.2) is 0 Å². The molecule has 0 heterocycles. The third-order valence-corrected chi connectivity index (χ3v) is 11.1. The molecule has 0 spiro atoms. The molecule has 3 heteroatoms. The SMILES string of the molecule is CC(C)(C)C1CCC2C(C1)C1CC(C(C)(C)C)CCC1C2C(C)(C)C1CCCC1.[CH3-].[CH3-].[Cl][Zr+2][Cl]. The molecule has 0 aliphatic heterocycles. The fourth-order valence-electron chi connectivity index (χ4n) is 9.27. The van der Waals surface area contributed by atoms with Crippen molar-refractivity contribution in [3.05, 3.63) is 14.9 Å². The van der Waals surface area contributed by atoms with Gasteiger partial charge in [-0.2, -0.15) is 0 Å². The Morgan fingerprint density at radius 3 is 1.21 bits per heavy atom. The third kappa shape index (κ3) is 7.10. The zero-order valence-electron chi connectivity index (χ0n) is 24.4. The monoisotopic (exact) mass is 590 g/mol. The molecule has 34 heavy (non-hydrogen) atoms. The van der Waals surface area contributed by atoms with E-state index in [-0.39, 0.29) is 14.9 Å². The topological polar surface area (TPSA) is 0 Å². The molecule has 0 aromatic heterocycles. The first-order chi connectivity index (χ1) is 14.8. The van der Waals surface area contributed by atoms with Gasteiger partial charge in [0.15, 0.2) is 0 Å². The number of rotatable bonds is 2. The summed E-state index contributed by atoms with van der Waals surface area (Å²) >= 11 is -0.826. The van der Waals surface area contributed by atoms with Gasteiger partial charge in [-0.3, -0.25) is 0 Å². The maximum absolute atomic E-state index is 4.93. The van der Waals surface area contributed by atoms with E-state index in [1.54, 1.807) is 25.7 Å². The predicted molar refractivity (Wildman–Crippen MR) is 151 cm³/mol. The summed E-state index contributed by atoms with van der Waals surface area (Å²) in [6, 6.07) is 0. The second kappa shape index (κ2) is 13.0. The Hall–Kier alpha value is 1.46. The first kappa shape index (κ1) is 33.5. The summed E-state index contributed by atoms with van der Waals surface area (Å²) in [6.45, 7) is 20.5. The molecule has 6 atom stereocenters. The van der Waals surface area contributed by atoms with Crippen LogP contribution in [0.1, 0.15) is 120 Å². The summed E-state index contributed by atoms with van der Waals surface area (Å²) in [6.07, 6.45) is 15.2. The number of fused-ring (bicyclic) bond motifs is 3. The molecule has 0 aromatic carbocycles. The van der Waals surface area contributed by atoms with Crippen LogP contribution < -0.4 is 0 Å². The summed E-state index contributed by atoms with van der Waals surface area (Å²) < 4.78 is 0. The van der Waals surface area contributed by atoms with Gasteiger partial charge in [-0.15, -0.1) is 0 Å². The Balaban J connectivity index is 0.00000110. The van der Waals surface area contributed by atoms with Crippen molar-refractivity contribution in [3.8, 4) is 0 Å². The minimum absolute atomic E-state index is 0. The van der Waals surface area contributed by atoms with Crippen molar-refractivity contribution in [3.63, 3.8) is 0 Å². The van der Waals surface area contributed by atoms with Gasteiger partial charge in [0, 0.05) is 0 Å². The summed E-state index contributed by atoms with van der Waals surface area (Å²) in [4.78, 5) is 0. The molecule has 4 saturated carbocycles. The molecule has 4 aliphatic carbocycles.